The van der Waals surface area contributed by atoms with Crippen LogP contribution in [0.3, 0.4) is 0 Å². The SMILES string of the molecule is O=C(C=Cc1cc(CO)cs1)NCc1ccc(CN2CCCC2)cc1. The van der Waals surface area contributed by atoms with Crippen LogP contribution in [0.2, 0.25) is 0 Å². The van der Waals surface area contributed by atoms with Crippen molar-refractivity contribution in [1.82, 2.24) is 10.2 Å². The van der Waals surface area contributed by atoms with Gasteiger partial charge in [-0.25, -0.2) is 0 Å². The number of hydrogen-bond donors (Lipinski definition) is 2. The molecule has 132 valence electrons. The van der Waals surface area contributed by atoms with E-state index < -0.39 is 0 Å². The lowest BCUT2D eigenvalue weighted by Crippen LogP contribution is -2.20. The van der Waals surface area contributed by atoms with Crippen LogP contribution in [-0.4, -0.2) is 29.0 Å². The Bertz CT molecular complexity index is 716. The summed E-state index contributed by atoms with van der Waals surface area (Å²) in [4.78, 5) is 15.4. The minimum Gasteiger partial charge on any atom is -0.392 e. The van der Waals surface area contributed by atoms with Gasteiger partial charge in [-0.15, -0.1) is 11.3 Å². The Balaban J connectivity index is 1.44. The Labute approximate surface area is 152 Å². The first-order chi connectivity index (χ1) is 12.2. The first-order valence-corrected chi connectivity index (χ1v) is 9.55. The van der Waals surface area contributed by atoms with Crippen molar-refractivity contribution in [3.8, 4) is 0 Å². The Morgan fingerprint density at radius 3 is 2.56 bits per heavy atom. The first-order valence-electron chi connectivity index (χ1n) is 8.67. The molecule has 1 amide bonds. The van der Waals surface area contributed by atoms with Gasteiger partial charge in [-0.1, -0.05) is 24.3 Å². The minimum atomic E-state index is -0.111. The summed E-state index contributed by atoms with van der Waals surface area (Å²) in [6.45, 7) is 3.98. The fourth-order valence-electron chi connectivity index (χ4n) is 2.93. The van der Waals surface area contributed by atoms with E-state index in [1.54, 1.807) is 6.08 Å². The zero-order valence-corrected chi connectivity index (χ0v) is 15.1. The zero-order chi connectivity index (χ0) is 17.5. The molecule has 4 nitrogen and oxygen atoms in total. The first kappa shape index (κ1) is 17.9. The molecule has 2 aromatic rings. The van der Waals surface area contributed by atoms with Crippen molar-refractivity contribution in [2.45, 2.75) is 32.5 Å². The zero-order valence-electron chi connectivity index (χ0n) is 14.3. The van der Waals surface area contributed by atoms with Gasteiger partial charge in [0.15, 0.2) is 0 Å². The van der Waals surface area contributed by atoms with Crippen molar-refractivity contribution >= 4 is 23.3 Å². The van der Waals surface area contributed by atoms with E-state index in [1.807, 2.05) is 11.4 Å². The van der Waals surface area contributed by atoms with Crippen LogP contribution in [0.25, 0.3) is 6.08 Å². The number of nitrogens with zero attached hydrogens (tertiary/aromatic N) is 1. The van der Waals surface area contributed by atoms with Crippen molar-refractivity contribution in [3.05, 3.63) is 63.4 Å². The smallest absolute Gasteiger partial charge is 0.244 e. The Hall–Kier alpha value is -1.95. The largest absolute Gasteiger partial charge is 0.392 e. The molecule has 1 aliphatic rings. The summed E-state index contributed by atoms with van der Waals surface area (Å²) in [6, 6.07) is 10.4. The third kappa shape index (κ3) is 5.53. The highest BCUT2D eigenvalue weighted by Gasteiger charge is 2.11. The molecule has 3 rings (SSSR count). The predicted molar refractivity (Wildman–Crippen MR) is 102 cm³/mol. The van der Waals surface area contributed by atoms with Crippen molar-refractivity contribution in [1.29, 1.82) is 0 Å². The average Bonchev–Trinajstić information content (AvgIpc) is 3.31. The van der Waals surface area contributed by atoms with Gasteiger partial charge in [0.2, 0.25) is 5.91 Å². The van der Waals surface area contributed by atoms with Crippen LogP contribution in [0.5, 0.6) is 0 Å². The third-order valence-electron chi connectivity index (χ3n) is 4.35. The second-order valence-corrected chi connectivity index (χ2v) is 7.31. The number of aliphatic hydroxyl groups excluding tert-OH is 1. The molecule has 0 unspecified atom stereocenters. The molecular weight excluding hydrogens is 332 g/mol. The number of carbonyl (C=O) groups is 1. The summed E-state index contributed by atoms with van der Waals surface area (Å²) in [5, 5.41) is 13.8. The Morgan fingerprint density at radius 1 is 1.16 bits per heavy atom. The van der Waals surface area contributed by atoms with E-state index in [9.17, 15) is 4.79 Å². The molecule has 1 saturated heterocycles. The van der Waals surface area contributed by atoms with Gasteiger partial charge in [-0.05, 0) is 60.1 Å². The summed E-state index contributed by atoms with van der Waals surface area (Å²) >= 11 is 1.51. The number of hydrogen-bond acceptors (Lipinski definition) is 4. The summed E-state index contributed by atoms with van der Waals surface area (Å²) in [7, 11) is 0. The number of aliphatic hydroxyl groups is 1. The highest BCUT2D eigenvalue weighted by Crippen LogP contribution is 2.16. The van der Waals surface area contributed by atoms with Gasteiger partial charge in [0.1, 0.15) is 0 Å². The molecule has 2 N–H and O–H groups in total. The maximum absolute atomic E-state index is 11.9. The summed E-state index contributed by atoms with van der Waals surface area (Å²) in [5.74, 6) is -0.111. The highest BCUT2D eigenvalue weighted by atomic mass is 32.1. The number of thiophene rings is 1. The standard InChI is InChI=1S/C20H24N2O2S/c23-14-18-11-19(25-15-18)7-8-20(24)21-12-16-3-5-17(6-4-16)13-22-9-1-2-10-22/h3-8,11,15,23H,1-2,9-10,12-14H2,(H,21,24). The van der Waals surface area contributed by atoms with E-state index >= 15 is 0 Å². The van der Waals surface area contributed by atoms with Crippen LogP contribution in [0.4, 0.5) is 0 Å². The van der Waals surface area contributed by atoms with Crippen LogP contribution < -0.4 is 5.32 Å². The second kappa shape index (κ2) is 8.94. The van der Waals surface area contributed by atoms with Gasteiger partial charge < -0.3 is 10.4 Å². The van der Waals surface area contributed by atoms with E-state index in [0.29, 0.717) is 6.54 Å². The molecule has 2 heterocycles. The van der Waals surface area contributed by atoms with E-state index in [-0.39, 0.29) is 12.5 Å². The number of amides is 1. The molecule has 1 aromatic heterocycles. The van der Waals surface area contributed by atoms with Gasteiger partial charge in [-0.3, -0.25) is 9.69 Å². The fourth-order valence-corrected chi connectivity index (χ4v) is 3.73. The lowest BCUT2D eigenvalue weighted by molar-refractivity contribution is -0.116. The molecule has 0 saturated carbocycles. The number of rotatable bonds is 7. The molecule has 0 spiro atoms. The monoisotopic (exact) mass is 356 g/mol. The summed E-state index contributed by atoms with van der Waals surface area (Å²) in [5.41, 5.74) is 3.30. The highest BCUT2D eigenvalue weighted by molar-refractivity contribution is 7.11. The summed E-state index contributed by atoms with van der Waals surface area (Å²) in [6.07, 6.45) is 5.93. The molecule has 1 aromatic carbocycles. The van der Waals surface area contributed by atoms with Gasteiger partial charge in [0, 0.05) is 24.0 Å². The van der Waals surface area contributed by atoms with E-state index in [4.69, 9.17) is 5.11 Å². The molecule has 0 radical (unpaired) electrons. The maximum Gasteiger partial charge on any atom is 0.244 e. The topological polar surface area (TPSA) is 52.6 Å². The fraction of sp³-hybridized carbons (Fsp3) is 0.350. The molecule has 0 aliphatic carbocycles. The van der Waals surface area contributed by atoms with E-state index in [1.165, 1.54) is 48.9 Å². The van der Waals surface area contributed by atoms with Crippen LogP contribution in [0.1, 0.15) is 34.4 Å². The van der Waals surface area contributed by atoms with Crippen molar-refractivity contribution in [2.75, 3.05) is 13.1 Å². The quantitative estimate of drug-likeness (QED) is 0.749. The van der Waals surface area contributed by atoms with E-state index in [2.05, 4.69) is 34.5 Å². The molecule has 5 heteroatoms. The lowest BCUT2D eigenvalue weighted by Gasteiger charge is -2.14. The van der Waals surface area contributed by atoms with Crippen LogP contribution in [0.15, 0.2) is 41.8 Å². The molecule has 0 bridgehead atoms. The molecular formula is C20H24N2O2S. The Morgan fingerprint density at radius 2 is 1.88 bits per heavy atom. The van der Waals surface area contributed by atoms with Crippen molar-refractivity contribution < 1.29 is 9.90 Å². The van der Waals surface area contributed by atoms with Gasteiger partial charge >= 0.3 is 0 Å². The second-order valence-electron chi connectivity index (χ2n) is 6.37. The number of carbonyl (C=O) groups excluding carboxylic acids is 1. The van der Waals surface area contributed by atoms with Crippen LogP contribution in [-0.2, 0) is 24.5 Å². The molecule has 25 heavy (non-hydrogen) atoms. The molecule has 0 atom stereocenters. The minimum absolute atomic E-state index is 0.0320. The lowest BCUT2D eigenvalue weighted by atomic mass is 10.1. The number of likely N-dealkylation sites (tertiary alicyclic amines) is 1. The van der Waals surface area contributed by atoms with Crippen LogP contribution in [0, 0.1) is 0 Å². The van der Waals surface area contributed by atoms with Crippen molar-refractivity contribution in [3.63, 3.8) is 0 Å². The number of benzene rings is 1. The average molecular weight is 356 g/mol. The van der Waals surface area contributed by atoms with Gasteiger partial charge in [-0.2, -0.15) is 0 Å². The Kier molecular flexibility index (Phi) is 6.39. The molecule has 1 aliphatic heterocycles. The number of nitrogens with one attached hydrogen (secondary N) is 1. The maximum atomic E-state index is 11.9. The summed E-state index contributed by atoms with van der Waals surface area (Å²) < 4.78 is 0. The predicted octanol–water partition coefficient (Wildman–Crippen LogP) is 3.17. The van der Waals surface area contributed by atoms with Crippen molar-refractivity contribution in [2.24, 2.45) is 0 Å². The third-order valence-corrected chi connectivity index (χ3v) is 5.30. The molecule has 1 fully saturated rings. The van der Waals surface area contributed by atoms with Gasteiger partial charge in [0.05, 0.1) is 6.61 Å². The van der Waals surface area contributed by atoms with E-state index in [0.717, 1.165) is 22.5 Å². The normalized spacial score (nSPS) is 15.1. The van der Waals surface area contributed by atoms with Crippen LogP contribution >= 0.6 is 11.3 Å². The van der Waals surface area contributed by atoms with Gasteiger partial charge in [0.25, 0.3) is 0 Å².